The molecule has 0 aromatic heterocycles. The van der Waals surface area contributed by atoms with Gasteiger partial charge in [-0.15, -0.1) is 6.58 Å². The Balaban J connectivity index is 1.42. The Morgan fingerprint density at radius 2 is 2.16 bits per heavy atom. The molecule has 6 heteroatoms. The van der Waals surface area contributed by atoms with Gasteiger partial charge in [-0.05, 0) is 37.5 Å². The number of carbonyl (C=O) groups excluding carboxylic acids is 2. The summed E-state index contributed by atoms with van der Waals surface area (Å²) < 4.78 is 11.1. The van der Waals surface area contributed by atoms with Gasteiger partial charge in [0, 0.05) is 39.2 Å². The van der Waals surface area contributed by atoms with Gasteiger partial charge in [0.1, 0.15) is 6.61 Å². The van der Waals surface area contributed by atoms with Crippen LogP contribution in [-0.2, 0) is 19.1 Å². The molecule has 3 aliphatic rings. The van der Waals surface area contributed by atoms with E-state index in [2.05, 4.69) is 6.58 Å². The lowest BCUT2D eigenvalue weighted by atomic mass is 9.72. The molecule has 0 bridgehead atoms. The predicted molar refractivity (Wildman–Crippen MR) is 94.1 cm³/mol. The zero-order chi connectivity index (χ0) is 17.7. The van der Waals surface area contributed by atoms with Crippen molar-refractivity contribution in [3.63, 3.8) is 0 Å². The lowest BCUT2D eigenvalue weighted by molar-refractivity contribution is -0.144. The third-order valence-electron chi connectivity index (χ3n) is 5.83. The molecule has 6 nitrogen and oxygen atoms in total. The van der Waals surface area contributed by atoms with Crippen molar-refractivity contribution in [3.05, 3.63) is 12.7 Å². The SMILES string of the molecule is C=CCN1CC2(CCC1=O)CCN(C(=O)COCC1CCCO1)CC2. The summed E-state index contributed by atoms with van der Waals surface area (Å²) in [5, 5.41) is 0. The molecule has 25 heavy (non-hydrogen) atoms. The molecule has 3 fully saturated rings. The van der Waals surface area contributed by atoms with Crippen LogP contribution in [0.15, 0.2) is 12.7 Å². The van der Waals surface area contributed by atoms with E-state index in [1.54, 1.807) is 6.08 Å². The largest absolute Gasteiger partial charge is 0.376 e. The van der Waals surface area contributed by atoms with Crippen molar-refractivity contribution in [1.29, 1.82) is 0 Å². The Bertz CT molecular complexity index is 494. The fourth-order valence-electron chi connectivity index (χ4n) is 4.21. The smallest absolute Gasteiger partial charge is 0.248 e. The van der Waals surface area contributed by atoms with Crippen molar-refractivity contribution < 1.29 is 19.1 Å². The number of hydrogen-bond acceptors (Lipinski definition) is 4. The zero-order valence-corrected chi connectivity index (χ0v) is 15.1. The highest BCUT2D eigenvalue weighted by Gasteiger charge is 2.41. The average Bonchev–Trinajstić information content (AvgIpc) is 3.13. The van der Waals surface area contributed by atoms with Crippen LogP contribution in [0.25, 0.3) is 0 Å². The molecule has 3 aliphatic heterocycles. The Hall–Kier alpha value is -1.40. The van der Waals surface area contributed by atoms with Crippen LogP contribution in [0.2, 0.25) is 0 Å². The van der Waals surface area contributed by atoms with Gasteiger partial charge in [0.25, 0.3) is 0 Å². The van der Waals surface area contributed by atoms with E-state index in [1.165, 1.54) is 0 Å². The second-order valence-corrected chi connectivity index (χ2v) is 7.59. The van der Waals surface area contributed by atoms with E-state index in [9.17, 15) is 9.59 Å². The first kappa shape index (κ1) is 18.4. The monoisotopic (exact) mass is 350 g/mol. The molecule has 0 N–H and O–H groups in total. The van der Waals surface area contributed by atoms with Gasteiger partial charge in [0.15, 0.2) is 0 Å². The van der Waals surface area contributed by atoms with Crippen molar-refractivity contribution in [2.75, 3.05) is 46.0 Å². The molecular weight excluding hydrogens is 320 g/mol. The fourth-order valence-corrected chi connectivity index (χ4v) is 4.21. The summed E-state index contributed by atoms with van der Waals surface area (Å²) in [5.74, 6) is 0.300. The van der Waals surface area contributed by atoms with Crippen LogP contribution in [-0.4, -0.2) is 73.7 Å². The Labute approximate surface area is 150 Å². The van der Waals surface area contributed by atoms with Crippen LogP contribution < -0.4 is 0 Å². The maximum Gasteiger partial charge on any atom is 0.248 e. The second kappa shape index (κ2) is 8.32. The molecule has 2 amide bonds. The molecule has 0 aliphatic carbocycles. The number of hydrogen-bond donors (Lipinski definition) is 0. The number of nitrogens with zero attached hydrogens (tertiary/aromatic N) is 2. The van der Waals surface area contributed by atoms with E-state index in [4.69, 9.17) is 9.47 Å². The van der Waals surface area contributed by atoms with Gasteiger partial charge in [0.2, 0.25) is 11.8 Å². The van der Waals surface area contributed by atoms with Gasteiger partial charge in [-0.1, -0.05) is 6.08 Å². The highest BCUT2D eigenvalue weighted by molar-refractivity contribution is 5.78. The lowest BCUT2D eigenvalue weighted by Gasteiger charge is -2.47. The average molecular weight is 350 g/mol. The van der Waals surface area contributed by atoms with Crippen LogP contribution in [0.5, 0.6) is 0 Å². The summed E-state index contributed by atoms with van der Waals surface area (Å²) in [5.41, 5.74) is 0.173. The van der Waals surface area contributed by atoms with Gasteiger partial charge in [-0.2, -0.15) is 0 Å². The Morgan fingerprint density at radius 3 is 2.84 bits per heavy atom. The third-order valence-corrected chi connectivity index (χ3v) is 5.83. The molecule has 3 rings (SSSR count). The Kier molecular flexibility index (Phi) is 6.12. The molecule has 0 aromatic rings. The molecule has 1 atom stereocenters. The molecule has 0 saturated carbocycles. The molecule has 140 valence electrons. The van der Waals surface area contributed by atoms with E-state index in [1.807, 2.05) is 9.80 Å². The third kappa shape index (κ3) is 4.61. The summed E-state index contributed by atoms with van der Waals surface area (Å²) in [6, 6.07) is 0. The van der Waals surface area contributed by atoms with Gasteiger partial charge < -0.3 is 19.3 Å². The normalized spacial score (nSPS) is 26.2. The quantitative estimate of drug-likeness (QED) is 0.683. The van der Waals surface area contributed by atoms with Gasteiger partial charge >= 0.3 is 0 Å². The van der Waals surface area contributed by atoms with Gasteiger partial charge in [-0.3, -0.25) is 9.59 Å². The second-order valence-electron chi connectivity index (χ2n) is 7.59. The van der Waals surface area contributed by atoms with Crippen molar-refractivity contribution in [2.45, 2.75) is 44.6 Å². The van der Waals surface area contributed by atoms with Crippen LogP contribution in [0, 0.1) is 5.41 Å². The van der Waals surface area contributed by atoms with E-state index < -0.39 is 0 Å². The summed E-state index contributed by atoms with van der Waals surface area (Å²) in [7, 11) is 0. The minimum atomic E-state index is 0.0719. The number of carbonyl (C=O) groups is 2. The summed E-state index contributed by atoms with van der Waals surface area (Å²) in [6.45, 7) is 8.17. The van der Waals surface area contributed by atoms with Crippen LogP contribution in [0.4, 0.5) is 0 Å². The first-order valence-corrected chi connectivity index (χ1v) is 9.48. The zero-order valence-electron chi connectivity index (χ0n) is 15.1. The van der Waals surface area contributed by atoms with Crippen molar-refractivity contribution in [1.82, 2.24) is 9.80 Å². The highest BCUT2D eigenvalue weighted by atomic mass is 16.5. The van der Waals surface area contributed by atoms with Crippen molar-refractivity contribution in [3.8, 4) is 0 Å². The topological polar surface area (TPSA) is 59.1 Å². The van der Waals surface area contributed by atoms with Crippen molar-refractivity contribution >= 4 is 11.8 Å². The number of piperidine rings is 2. The molecule has 0 aromatic carbocycles. The maximum absolute atomic E-state index is 12.3. The Morgan fingerprint density at radius 1 is 1.36 bits per heavy atom. The molecule has 3 heterocycles. The molecular formula is C19H30N2O4. The number of rotatable bonds is 6. The van der Waals surface area contributed by atoms with Crippen LogP contribution >= 0.6 is 0 Å². The minimum absolute atomic E-state index is 0.0719. The van der Waals surface area contributed by atoms with Crippen LogP contribution in [0.1, 0.15) is 38.5 Å². The lowest BCUT2D eigenvalue weighted by Crippen LogP contribution is -2.52. The minimum Gasteiger partial charge on any atom is -0.376 e. The van der Waals surface area contributed by atoms with E-state index in [0.717, 1.165) is 58.3 Å². The first-order valence-electron chi connectivity index (χ1n) is 9.48. The fraction of sp³-hybridized carbons (Fsp3) is 0.789. The van der Waals surface area contributed by atoms with Crippen molar-refractivity contribution in [2.24, 2.45) is 5.41 Å². The van der Waals surface area contributed by atoms with E-state index in [0.29, 0.717) is 19.6 Å². The van der Waals surface area contributed by atoms with E-state index in [-0.39, 0.29) is 29.9 Å². The highest BCUT2D eigenvalue weighted by Crippen LogP contribution is 2.40. The van der Waals surface area contributed by atoms with Gasteiger partial charge in [0.05, 0.1) is 12.7 Å². The molecule has 3 saturated heterocycles. The molecule has 1 unspecified atom stereocenters. The summed E-state index contributed by atoms with van der Waals surface area (Å²) in [6.07, 6.45) is 7.55. The number of likely N-dealkylation sites (tertiary alicyclic amines) is 2. The maximum atomic E-state index is 12.3. The summed E-state index contributed by atoms with van der Waals surface area (Å²) in [4.78, 5) is 28.2. The number of ether oxygens (including phenoxy) is 2. The van der Waals surface area contributed by atoms with E-state index >= 15 is 0 Å². The van der Waals surface area contributed by atoms with Gasteiger partial charge in [-0.25, -0.2) is 0 Å². The summed E-state index contributed by atoms with van der Waals surface area (Å²) >= 11 is 0. The standard InChI is InChI=1S/C19H30N2O4/c1-2-9-21-15-19(6-5-17(21)22)7-10-20(11-8-19)18(23)14-24-13-16-4-3-12-25-16/h2,16H,1,3-15H2. The number of amides is 2. The first-order chi connectivity index (χ1) is 12.1. The van der Waals surface area contributed by atoms with Crippen LogP contribution in [0.3, 0.4) is 0 Å². The predicted octanol–water partition coefficient (Wildman–Crippen LogP) is 1.60. The molecule has 0 radical (unpaired) electrons. The molecule has 1 spiro atoms.